The average molecular weight is 1130 g/mol. The number of pyridine rings is 2. The first-order valence-electron chi connectivity index (χ1n) is 23.0. The number of nitriles is 2. The number of benzene rings is 4. The van der Waals surface area contributed by atoms with E-state index in [1.807, 2.05) is 56.3 Å². The van der Waals surface area contributed by atoms with Crippen LogP contribution >= 0.6 is 31.9 Å². The van der Waals surface area contributed by atoms with Crippen molar-refractivity contribution in [2.75, 3.05) is 6.54 Å². The van der Waals surface area contributed by atoms with Crippen LogP contribution in [-0.2, 0) is 49.0 Å². The molecule has 0 unspecified atom stereocenters. The van der Waals surface area contributed by atoms with Crippen molar-refractivity contribution in [3.63, 3.8) is 0 Å². The summed E-state index contributed by atoms with van der Waals surface area (Å²) in [6.07, 6.45) is -1.84. The van der Waals surface area contributed by atoms with Crippen LogP contribution in [0.1, 0.15) is 81.3 Å². The first kappa shape index (κ1) is 55.4. The summed E-state index contributed by atoms with van der Waals surface area (Å²) < 4.78 is 26.1. The lowest BCUT2D eigenvalue weighted by atomic mass is 9.92. The van der Waals surface area contributed by atoms with Crippen LogP contribution in [0.5, 0.6) is 23.5 Å². The van der Waals surface area contributed by atoms with Crippen LogP contribution < -0.4 is 24.3 Å². The van der Waals surface area contributed by atoms with Crippen LogP contribution in [0.3, 0.4) is 0 Å². The Labute approximate surface area is 444 Å². The number of aryl methyl sites for hydroxylation is 1. The second-order valence-corrected chi connectivity index (χ2v) is 18.8. The minimum absolute atomic E-state index is 0.00337. The lowest BCUT2D eigenvalue weighted by molar-refractivity contribution is -0.140. The molecule has 378 valence electrons. The number of rotatable bonds is 25. The number of aromatic nitrogens is 2. The fourth-order valence-electron chi connectivity index (χ4n) is 7.86. The summed E-state index contributed by atoms with van der Waals surface area (Å²) in [5.41, 5.74) is 9.20. The molecule has 0 aliphatic rings. The summed E-state index contributed by atoms with van der Waals surface area (Å²) >= 11 is 7.19. The highest BCUT2D eigenvalue weighted by Gasteiger charge is 2.20. The largest absolute Gasteiger partial charge is 0.481 e. The maximum Gasteiger partial charge on any atom is 0.306 e. The first-order valence-corrected chi connectivity index (χ1v) is 24.6. The normalized spacial score (nSPS) is 11.5. The second kappa shape index (κ2) is 26.7. The highest BCUT2D eigenvalue weighted by atomic mass is 79.9. The summed E-state index contributed by atoms with van der Waals surface area (Å²) in [6, 6.07) is 29.0. The topological polar surface area (TPSA) is 246 Å². The number of aliphatic hydroxyl groups is 2. The van der Waals surface area contributed by atoms with Crippen LogP contribution in [0.2, 0.25) is 0 Å². The minimum Gasteiger partial charge on any atom is -0.481 e. The molecule has 6 aromatic rings. The predicted octanol–water partition coefficient (Wildman–Crippen LogP) is 10.5. The third kappa shape index (κ3) is 15.6. The third-order valence-electron chi connectivity index (χ3n) is 11.6. The van der Waals surface area contributed by atoms with E-state index in [9.17, 15) is 30.3 Å². The zero-order chi connectivity index (χ0) is 53.3. The summed E-state index contributed by atoms with van der Waals surface area (Å²) in [5, 5.41) is 60.6. The monoisotopic (exact) mass is 1130 g/mol. The van der Waals surface area contributed by atoms with E-state index in [0.29, 0.717) is 60.9 Å². The van der Waals surface area contributed by atoms with Gasteiger partial charge in [0, 0.05) is 35.3 Å². The standard InChI is InChI=1S/C55H49Br2N7O10/c1-32-39(30-73-54-48(56)20-38(8-5-11-44(65)22-50(67)68)52(63-54)71-28-36-14-34(24-58)16-42(18-36)60-3)9-6-12-46(32)47-13-7-10-40(33(47)2)31-74-55-49(57)21-41(26-62-27-45(66)23-51(69)70)53(64-55)72-29-37-15-35(25-59)17-43(19-37)61-4/h6-7,9-10,12-21,44-45,62,65-66H,5,8,11,22-23,26-31H2,1-2H3,(H,67,68)(H,69,70)/t44-,45+/m1/s1. The zero-order valence-corrected chi connectivity index (χ0v) is 43.4. The molecule has 0 fully saturated rings. The fraction of sp³-hybridized carbons (Fsp3) is 0.273. The Balaban J connectivity index is 1.20. The van der Waals surface area contributed by atoms with Gasteiger partial charge in [0.05, 0.1) is 59.3 Å². The smallest absolute Gasteiger partial charge is 0.306 e. The number of aliphatic carboxylic acids is 2. The molecule has 0 aliphatic heterocycles. The van der Waals surface area contributed by atoms with E-state index in [4.69, 9.17) is 52.3 Å². The SMILES string of the molecule is [C-]#[N+]c1cc(C#N)cc(COc2nc(OCc3cccc(-c4cccc(COc5nc(OCc6cc(C#N)cc([N+]#[C-])c6)c(CNC[C@@H](O)CC(=O)O)cc5Br)c4C)c3C)c(Br)cc2CCC[C@@H](O)CC(=O)O)c1. The Kier molecular flexibility index (Phi) is 20.0. The van der Waals surface area contributed by atoms with Crippen molar-refractivity contribution < 1.29 is 49.0 Å². The van der Waals surface area contributed by atoms with Gasteiger partial charge in [-0.15, -0.1) is 0 Å². The molecule has 17 nitrogen and oxygen atoms in total. The molecule has 0 radical (unpaired) electrons. The lowest BCUT2D eigenvalue weighted by Crippen LogP contribution is -2.28. The van der Waals surface area contributed by atoms with Gasteiger partial charge in [-0.3, -0.25) is 9.59 Å². The van der Waals surface area contributed by atoms with Gasteiger partial charge in [0.1, 0.15) is 26.4 Å². The van der Waals surface area contributed by atoms with Crippen molar-refractivity contribution in [3.8, 4) is 46.8 Å². The average Bonchev–Trinajstić information content (AvgIpc) is 3.37. The van der Waals surface area contributed by atoms with Gasteiger partial charge >= 0.3 is 11.9 Å². The van der Waals surface area contributed by atoms with Crippen molar-refractivity contribution >= 4 is 55.2 Å². The van der Waals surface area contributed by atoms with Gasteiger partial charge in [0.2, 0.25) is 23.5 Å². The third-order valence-corrected chi connectivity index (χ3v) is 12.7. The molecule has 5 N–H and O–H groups in total. The van der Waals surface area contributed by atoms with E-state index >= 15 is 0 Å². The van der Waals surface area contributed by atoms with Crippen LogP contribution in [0.15, 0.2) is 93.9 Å². The Bertz CT molecular complexity index is 2940. The van der Waals surface area contributed by atoms with E-state index < -0.39 is 30.6 Å². The number of ether oxygens (including phenoxy) is 4. The van der Waals surface area contributed by atoms with Crippen molar-refractivity contribution in [1.82, 2.24) is 15.3 Å². The molecular weight excluding hydrogens is 1080 g/mol. The van der Waals surface area contributed by atoms with E-state index in [2.05, 4.69) is 59.0 Å². The number of aliphatic hydroxyl groups excluding tert-OH is 2. The summed E-state index contributed by atoms with van der Waals surface area (Å²) in [6.45, 7) is 19.3. The van der Waals surface area contributed by atoms with Crippen LogP contribution in [-0.4, -0.2) is 61.1 Å². The molecule has 19 heteroatoms. The number of halogens is 2. The Hall–Kier alpha value is -7.88. The molecule has 0 saturated heterocycles. The summed E-state index contributed by atoms with van der Waals surface area (Å²) in [5.74, 6) is -1.32. The zero-order valence-electron chi connectivity index (χ0n) is 40.2. The van der Waals surface area contributed by atoms with E-state index in [1.165, 1.54) is 12.1 Å². The lowest BCUT2D eigenvalue weighted by Gasteiger charge is -2.18. The molecule has 0 saturated carbocycles. The number of carboxylic acids is 2. The first-order chi connectivity index (χ1) is 35.6. The van der Waals surface area contributed by atoms with Crippen molar-refractivity contribution in [1.29, 1.82) is 10.5 Å². The minimum atomic E-state index is -1.13. The van der Waals surface area contributed by atoms with Crippen LogP contribution in [0, 0.1) is 49.7 Å². The van der Waals surface area contributed by atoms with Gasteiger partial charge in [-0.1, -0.05) is 36.4 Å². The molecule has 4 aromatic carbocycles. The number of carboxylic acid groups (broad SMARTS) is 2. The predicted molar refractivity (Wildman–Crippen MR) is 279 cm³/mol. The molecule has 0 bridgehead atoms. The highest BCUT2D eigenvalue weighted by molar-refractivity contribution is 9.10. The van der Waals surface area contributed by atoms with Crippen molar-refractivity contribution in [2.24, 2.45) is 0 Å². The van der Waals surface area contributed by atoms with Crippen LogP contribution in [0.4, 0.5) is 11.4 Å². The molecule has 2 heterocycles. The van der Waals surface area contributed by atoms with Crippen LogP contribution in [0.25, 0.3) is 20.8 Å². The second-order valence-electron chi connectivity index (χ2n) is 17.1. The highest BCUT2D eigenvalue weighted by Crippen LogP contribution is 2.36. The van der Waals surface area contributed by atoms with Gasteiger partial charge in [0.15, 0.2) is 11.4 Å². The molecule has 0 aliphatic carbocycles. The maximum atomic E-state index is 11.1. The van der Waals surface area contributed by atoms with E-state index in [0.717, 1.165) is 33.4 Å². The molecule has 6 rings (SSSR count). The van der Waals surface area contributed by atoms with Gasteiger partial charge in [-0.2, -0.15) is 20.5 Å². The van der Waals surface area contributed by atoms with Crippen molar-refractivity contribution in [3.05, 3.63) is 172 Å². The Morgan fingerprint density at radius 3 is 1.58 bits per heavy atom. The summed E-state index contributed by atoms with van der Waals surface area (Å²) in [7, 11) is 0. The quantitative estimate of drug-likeness (QED) is 0.0335. The molecule has 2 aromatic heterocycles. The number of hydrogen-bond donors (Lipinski definition) is 5. The number of nitrogens with zero attached hydrogens (tertiary/aromatic N) is 6. The molecule has 0 spiro atoms. The van der Waals surface area contributed by atoms with Gasteiger partial charge < -0.3 is 44.7 Å². The number of nitrogens with one attached hydrogen (secondary N) is 1. The fourth-order valence-corrected chi connectivity index (χ4v) is 8.82. The van der Waals surface area contributed by atoms with E-state index in [-0.39, 0.29) is 81.6 Å². The molecular formula is C55H49Br2N7O10. The number of carbonyl (C=O) groups is 2. The Morgan fingerprint density at radius 2 is 1.11 bits per heavy atom. The van der Waals surface area contributed by atoms with Crippen molar-refractivity contribution in [2.45, 2.75) is 91.1 Å². The van der Waals surface area contributed by atoms with Gasteiger partial charge in [-0.25, -0.2) is 9.69 Å². The number of hydrogen-bond acceptors (Lipinski definition) is 13. The molecule has 2 atom stereocenters. The molecule has 0 amide bonds. The van der Waals surface area contributed by atoms with E-state index in [1.54, 1.807) is 30.3 Å². The Morgan fingerprint density at radius 1 is 0.649 bits per heavy atom. The maximum absolute atomic E-state index is 11.1. The van der Waals surface area contributed by atoms with Gasteiger partial charge in [0.25, 0.3) is 0 Å². The molecule has 74 heavy (non-hydrogen) atoms. The van der Waals surface area contributed by atoms with Gasteiger partial charge in [-0.05, 0) is 158 Å². The summed E-state index contributed by atoms with van der Waals surface area (Å²) in [4.78, 5) is 38.6.